The summed E-state index contributed by atoms with van der Waals surface area (Å²) in [5.41, 5.74) is 0.992. The van der Waals surface area contributed by atoms with Gasteiger partial charge in [-0.05, 0) is 23.8 Å². The van der Waals surface area contributed by atoms with E-state index >= 15 is 0 Å². The van der Waals surface area contributed by atoms with Crippen LogP contribution in [0.3, 0.4) is 0 Å². The summed E-state index contributed by atoms with van der Waals surface area (Å²) in [5.74, 6) is -2.09. The quantitative estimate of drug-likeness (QED) is 0.431. The van der Waals surface area contributed by atoms with E-state index in [9.17, 15) is 25.2 Å². The lowest BCUT2D eigenvalue weighted by Gasteiger charge is -2.10. The summed E-state index contributed by atoms with van der Waals surface area (Å²) in [7, 11) is 0. The van der Waals surface area contributed by atoms with E-state index in [-0.39, 0.29) is 35.0 Å². The number of carbonyl (C=O) groups excluding carboxylic acids is 1. The number of esters is 1. The van der Waals surface area contributed by atoms with E-state index < -0.39 is 11.7 Å². The predicted molar refractivity (Wildman–Crippen MR) is 67.7 cm³/mol. The molecule has 0 aliphatic carbocycles. The second kappa shape index (κ2) is 4.06. The minimum absolute atomic E-state index is 0.0911. The van der Waals surface area contributed by atoms with Gasteiger partial charge >= 0.3 is 5.97 Å². The Labute approximate surface area is 113 Å². The van der Waals surface area contributed by atoms with Gasteiger partial charge in [0.15, 0.2) is 11.5 Å². The van der Waals surface area contributed by atoms with Crippen LogP contribution in [0.5, 0.6) is 23.0 Å². The van der Waals surface area contributed by atoms with Crippen LogP contribution in [-0.4, -0.2) is 26.4 Å². The van der Waals surface area contributed by atoms with Gasteiger partial charge in [0.25, 0.3) is 0 Å². The fourth-order valence-electron chi connectivity index (χ4n) is 2.24. The summed E-state index contributed by atoms with van der Waals surface area (Å²) >= 11 is 0. The first kappa shape index (κ1) is 12.2. The van der Waals surface area contributed by atoms with Gasteiger partial charge < -0.3 is 25.2 Å². The molecule has 0 radical (unpaired) electrons. The van der Waals surface area contributed by atoms with E-state index in [4.69, 9.17) is 4.74 Å². The predicted octanol–water partition coefficient (Wildman–Crippen LogP) is 1.85. The van der Waals surface area contributed by atoms with E-state index in [2.05, 4.69) is 0 Å². The number of hydrogen-bond acceptors (Lipinski definition) is 6. The van der Waals surface area contributed by atoms with Crippen LogP contribution < -0.4 is 0 Å². The van der Waals surface area contributed by atoms with E-state index in [1.54, 1.807) is 0 Å². The summed E-state index contributed by atoms with van der Waals surface area (Å²) in [5, 5.41) is 38.5. The zero-order valence-electron chi connectivity index (χ0n) is 10.1. The molecule has 0 fully saturated rings. The van der Waals surface area contributed by atoms with Crippen molar-refractivity contribution in [1.29, 1.82) is 0 Å². The Morgan fingerprint density at radius 3 is 2.30 bits per heavy atom. The van der Waals surface area contributed by atoms with Gasteiger partial charge in [0.05, 0.1) is 0 Å². The molecule has 1 heterocycles. The van der Waals surface area contributed by atoms with Gasteiger partial charge in [0.2, 0.25) is 0 Å². The molecule has 0 atom stereocenters. The maximum Gasteiger partial charge on any atom is 0.342 e. The first-order valence-electron chi connectivity index (χ1n) is 5.75. The van der Waals surface area contributed by atoms with Gasteiger partial charge in [-0.25, -0.2) is 4.79 Å². The van der Waals surface area contributed by atoms with Crippen molar-refractivity contribution in [2.24, 2.45) is 0 Å². The molecule has 20 heavy (non-hydrogen) atoms. The lowest BCUT2D eigenvalue weighted by molar-refractivity contribution is 0.0475. The highest BCUT2D eigenvalue weighted by molar-refractivity contribution is 6.02. The second-order valence-corrected chi connectivity index (χ2v) is 4.46. The van der Waals surface area contributed by atoms with E-state index in [0.29, 0.717) is 11.1 Å². The molecule has 0 unspecified atom stereocenters. The molecule has 2 aromatic carbocycles. The van der Waals surface area contributed by atoms with Gasteiger partial charge in [-0.15, -0.1) is 0 Å². The lowest BCUT2D eigenvalue weighted by Crippen LogP contribution is -2.03. The van der Waals surface area contributed by atoms with Crippen molar-refractivity contribution in [1.82, 2.24) is 0 Å². The third kappa shape index (κ3) is 1.70. The number of ether oxygens (including phenoxy) is 1. The number of phenols is 4. The molecule has 6 nitrogen and oxygen atoms in total. The van der Waals surface area contributed by atoms with Gasteiger partial charge in [0, 0.05) is 17.2 Å². The molecule has 2 aromatic rings. The zero-order chi connectivity index (χ0) is 14.4. The Hall–Kier alpha value is -2.89. The minimum Gasteiger partial charge on any atom is -0.508 e. The number of cyclic esters (lactones) is 1. The van der Waals surface area contributed by atoms with Gasteiger partial charge in [-0.1, -0.05) is 0 Å². The Bertz CT molecular complexity index is 735. The number of rotatable bonds is 0. The minimum atomic E-state index is -0.743. The number of benzene rings is 2. The molecule has 0 aromatic heterocycles. The van der Waals surface area contributed by atoms with Crippen molar-refractivity contribution < 1.29 is 30.0 Å². The molecular formula is C14H10O6. The maximum absolute atomic E-state index is 11.9. The fourth-order valence-corrected chi connectivity index (χ4v) is 2.24. The van der Waals surface area contributed by atoms with Crippen molar-refractivity contribution in [2.75, 3.05) is 0 Å². The summed E-state index contributed by atoms with van der Waals surface area (Å²) in [6.07, 6.45) is 0. The highest BCUT2D eigenvalue weighted by atomic mass is 16.5. The Balaban J connectivity index is 2.38. The summed E-state index contributed by atoms with van der Waals surface area (Å²) in [6.45, 7) is -0.114. The molecule has 1 aliphatic rings. The van der Waals surface area contributed by atoms with Crippen LogP contribution in [-0.2, 0) is 11.3 Å². The zero-order valence-corrected chi connectivity index (χ0v) is 10.1. The van der Waals surface area contributed by atoms with Crippen LogP contribution >= 0.6 is 0 Å². The average molecular weight is 274 g/mol. The van der Waals surface area contributed by atoms with E-state index in [1.807, 2.05) is 0 Å². The summed E-state index contributed by atoms with van der Waals surface area (Å²) in [6, 6.07) is 4.85. The van der Waals surface area contributed by atoms with Crippen LogP contribution in [0.1, 0.15) is 15.9 Å². The highest BCUT2D eigenvalue weighted by Gasteiger charge is 2.26. The summed E-state index contributed by atoms with van der Waals surface area (Å²) < 4.78 is 5.00. The third-order valence-electron chi connectivity index (χ3n) is 3.16. The average Bonchev–Trinajstić information content (AvgIpc) is 2.49. The molecular weight excluding hydrogens is 264 g/mol. The fraction of sp³-hybridized carbons (Fsp3) is 0.0714. The number of aromatic hydroxyl groups is 4. The Kier molecular flexibility index (Phi) is 2.47. The number of phenolic OH excluding ortho intramolecular Hbond substituents is 4. The molecule has 1 aliphatic heterocycles. The van der Waals surface area contributed by atoms with Gasteiger partial charge in [-0.3, -0.25) is 0 Å². The van der Waals surface area contributed by atoms with Crippen molar-refractivity contribution >= 4 is 5.97 Å². The molecule has 6 heteroatoms. The van der Waals surface area contributed by atoms with Crippen molar-refractivity contribution in [3.63, 3.8) is 0 Å². The molecule has 0 spiro atoms. The monoisotopic (exact) mass is 274 g/mol. The van der Waals surface area contributed by atoms with Crippen LogP contribution in [0.4, 0.5) is 0 Å². The highest BCUT2D eigenvalue weighted by Crippen LogP contribution is 2.42. The van der Waals surface area contributed by atoms with Crippen LogP contribution in [0, 0.1) is 0 Å². The largest absolute Gasteiger partial charge is 0.508 e. The molecule has 0 saturated carbocycles. The molecule has 0 saturated heterocycles. The van der Waals surface area contributed by atoms with E-state index in [0.717, 1.165) is 6.07 Å². The van der Waals surface area contributed by atoms with Crippen molar-refractivity contribution in [3.05, 3.63) is 35.4 Å². The molecule has 0 amide bonds. The first-order valence-corrected chi connectivity index (χ1v) is 5.75. The van der Waals surface area contributed by atoms with E-state index in [1.165, 1.54) is 18.2 Å². The van der Waals surface area contributed by atoms with Gasteiger partial charge in [-0.2, -0.15) is 0 Å². The van der Waals surface area contributed by atoms with Gasteiger partial charge in [0.1, 0.15) is 23.7 Å². The smallest absolute Gasteiger partial charge is 0.342 e. The maximum atomic E-state index is 11.9. The first-order chi connectivity index (χ1) is 9.47. The number of carbonyl (C=O) groups is 1. The Morgan fingerprint density at radius 2 is 1.55 bits per heavy atom. The third-order valence-corrected chi connectivity index (χ3v) is 3.16. The second-order valence-electron chi connectivity index (χ2n) is 4.46. The van der Waals surface area contributed by atoms with Crippen LogP contribution in [0.2, 0.25) is 0 Å². The SMILES string of the molecule is O=C1OCc2cc(O)c(O)cc2-c2cc(O)cc(O)c21. The standard InChI is InChI=1S/C14H10O6/c15-7-2-9-8-4-11(17)10(16)1-6(8)5-20-14(19)13(9)12(18)3-7/h1-4,15-18H,5H2. The van der Waals surface area contributed by atoms with Crippen molar-refractivity contribution in [2.45, 2.75) is 6.61 Å². The van der Waals surface area contributed by atoms with Crippen LogP contribution in [0.15, 0.2) is 24.3 Å². The number of fused-ring (bicyclic) bond motifs is 3. The number of hydrogen-bond donors (Lipinski definition) is 4. The lowest BCUT2D eigenvalue weighted by atomic mass is 9.95. The Morgan fingerprint density at radius 1 is 0.850 bits per heavy atom. The normalized spacial score (nSPS) is 13.1. The molecule has 4 N–H and O–H groups in total. The molecule has 3 rings (SSSR count). The van der Waals surface area contributed by atoms with Crippen molar-refractivity contribution in [3.8, 4) is 34.1 Å². The van der Waals surface area contributed by atoms with Crippen LogP contribution in [0.25, 0.3) is 11.1 Å². The molecule has 102 valence electrons. The molecule has 0 bridgehead atoms. The summed E-state index contributed by atoms with van der Waals surface area (Å²) in [4.78, 5) is 11.9. The topological polar surface area (TPSA) is 107 Å².